The number of ketones is 1. The van der Waals surface area contributed by atoms with Gasteiger partial charge in [0.15, 0.2) is 17.3 Å². The lowest BCUT2D eigenvalue weighted by Crippen LogP contribution is -2.33. The van der Waals surface area contributed by atoms with Crippen LogP contribution < -0.4 is 14.8 Å². The van der Waals surface area contributed by atoms with E-state index in [2.05, 4.69) is 19.2 Å². The van der Waals surface area contributed by atoms with E-state index in [1.807, 2.05) is 24.3 Å². The number of anilines is 1. The molecule has 0 amide bonds. The van der Waals surface area contributed by atoms with Crippen LogP contribution in [-0.2, 0) is 4.79 Å². The standard InChI is InChI=1S/C22H19Cl2NO3/c1-22(2)8-16-21(17(26)9-22)20(11-3-4-13(23)14(24)5-11)12-6-18-19(28-10-27-18)7-15(12)25-16/h3-7,20,25H,8-10H2,1-2H3. The molecule has 3 aliphatic rings. The molecule has 6 heteroatoms. The van der Waals surface area contributed by atoms with Crippen molar-refractivity contribution >= 4 is 34.7 Å². The molecule has 5 rings (SSSR count). The van der Waals surface area contributed by atoms with Crippen molar-refractivity contribution in [1.82, 2.24) is 0 Å². The van der Waals surface area contributed by atoms with Gasteiger partial charge in [0.05, 0.1) is 10.0 Å². The van der Waals surface area contributed by atoms with Gasteiger partial charge in [0.2, 0.25) is 6.79 Å². The highest BCUT2D eigenvalue weighted by Crippen LogP contribution is 2.52. The van der Waals surface area contributed by atoms with Crippen molar-refractivity contribution in [3.63, 3.8) is 0 Å². The van der Waals surface area contributed by atoms with E-state index in [1.54, 1.807) is 6.07 Å². The van der Waals surface area contributed by atoms with Gasteiger partial charge in [-0.2, -0.15) is 0 Å². The molecular weight excluding hydrogens is 397 g/mol. The molecule has 1 unspecified atom stereocenters. The Kier molecular flexibility index (Phi) is 3.94. The van der Waals surface area contributed by atoms with Crippen LogP contribution in [0.2, 0.25) is 10.0 Å². The van der Waals surface area contributed by atoms with Crippen molar-refractivity contribution in [3.8, 4) is 11.5 Å². The highest BCUT2D eigenvalue weighted by atomic mass is 35.5. The van der Waals surface area contributed by atoms with Gasteiger partial charge in [-0.1, -0.05) is 43.1 Å². The number of carbonyl (C=O) groups excluding carboxylic acids is 1. The quantitative estimate of drug-likeness (QED) is 0.627. The van der Waals surface area contributed by atoms with Crippen LogP contribution in [0, 0.1) is 5.41 Å². The van der Waals surface area contributed by atoms with Crippen LogP contribution in [0.25, 0.3) is 0 Å². The zero-order valence-electron chi connectivity index (χ0n) is 15.6. The van der Waals surface area contributed by atoms with Gasteiger partial charge in [-0.15, -0.1) is 0 Å². The molecule has 0 fully saturated rings. The first kappa shape index (κ1) is 17.9. The number of fused-ring (bicyclic) bond motifs is 2. The average molecular weight is 416 g/mol. The van der Waals surface area contributed by atoms with Crippen LogP contribution in [0.15, 0.2) is 41.6 Å². The van der Waals surface area contributed by atoms with Crippen LogP contribution in [0.3, 0.4) is 0 Å². The molecular formula is C22H19Cl2NO3. The number of halogens is 2. The minimum Gasteiger partial charge on any atom is -0.454 e. The Morgan fingerprint density at radius 3 is 2.54 bits per heavy atom. The lowest BCUT2D eigenvalue weighted by atomic mass is 9.68. The summed E-state index contributed by atoms with van der Waals surface area (Å²) >= 11 is 12.5. The van der Waals surface area contributed by atoms with Gasteiger partial charge in [-0.05, 0) is 41.2 Å². The van der Waals surface area contributed by atoms with Gasteiger partial charge in [-0.25, -0.2) is 0 Å². The van der Waals surface area contributed by atoms with Gasteiger partial charge >= 0.3 is 0 Å². The minimum atomic E-state index is -0.223. The predicted molar refractivity (Wildman–Crippen MR) is 110 cm³/mol. The summed E-state index contributed by atoms with van der Waals surface area (Å²) in [6, 6.07) is 9.50. The highest BCUT2D eigenvalue weighted by Gasteiger charge is 2.41. The topological polar surface area (TPSA) is 47.6 Å². The zero-order valence-corrected chi connectivity index (χ0v) is 17.1. The lowest BCUT2D eigenvalue weighted by Gasteiger charge is -2.39. The SMILES string of the molecule is CC1(C)CC(=O)C2=C(C1)Nc1cc3c(cc1C2c1ccc(Cl)c(Cl)c1)OCO3. The molecule has 2 aliphatic heterocycles. The monoisotopic (exact) mass is 415 g/mol. The summed E-state index contributed by atoms with van der Waals surface area (Å²) in [5.41, 5.74) is 4.56. The summed E-state index contributed by atoms with van der Waals surface area (Å²) in [6.45, 7) is 4.45. The predicted octanol–water partition coefficient (Wildman–Crippen LogP) is 5.92. The van der Waals surface area contributed by atoms with E-state index in [0.717, 1.165) is 34.5 Å². The average Bonchev–Trinajstić information content (AvgIpc) is 3.07. The molecule has 0 spiro atoms. The Labute approximate surface area is 173 Å². The third kappa shape index (κ3) is 2.78. The Bertz CT molecular complexity index is 1060. The van der Waals surface area contributed by atoms with Gasteiger partial charge in [0.1, 0.15) is 0 Å². The van der Waals surface area contributed by atoms with Crippen molar-refractivity contribution < 1.29 is 14.3 Å². The second kappa shape index (κ2) is 6.16. The molecule has 144 valence electrons. The summed E-state index contributed by atoms with van der Waals surface area (Å²) < 4.78 is 11.1. The summed E-state index contributed by atoms with van der Waals surface area (Å²) in [4.78, 5) is 13.2. The summed E-state index contributed by atoms with van der Waals surface area (Å²) in [6.07, 6.45) is 1.32. The Morgan fingerprint density at radius 1 is 1.04 bits per heavy atom. The molecule has 1 atom stereocenters. The van der Waals surface area contributed by atoms with Gasteiger partial charge in [0, 0.05) is 35.4 Å². The maximum Gasteiger partial charge on any atom is 0.231 e. The largest absolute Gasteiger partial charge is 0.454 e. The van der Waals surface area contributed by atoms with E-state index < -0.39 is 0 Å². The summed E-state index contributed by atoms with van der Waals surface area (Å²) in [7, 11) is 0. The molecule has 1 N–H and O–H groups in total. The number of hydrogen-bond donors (Lipinski definition) is 1. The molecule has 4 nitrogen and oxygen atoms in total. The zero-order chi connectivity index (χ0) is 19.6. The first-order chi connectivity index (χ1) is 13.3. The second-order valence-corrected chi connectivity index (χ2v) is 9.17. The molecule has 0 radical (unpaired) electrons. The maximum atomic E-state index is 13.2. The number of allylic oxidation sites excluding steroid dienone is 2. The van der Waals surface area contributed by atoms with Crippen LogP contribution >= 0.6 is 23.2 Å². The second-order valence-electron chi connectivity index (χ2n) is 8.36. The molecule has 0 saturated carbocycles. The van der Waals surface area contributed by atoms with E-state index in [0.29, 0.717) is 28.0 Å². The van der Waals surface area contributed by atoms with Gasteiger partial charge < -0.3 is 14.8 Å². The number of ether oxygens (including phenoxy) is 2. The number of rotatable bonds is 1. The number of benzene rings is 2. The van der Waals surface area contributed by atoms with E-state index in [-0.39, 0.29) is 23.9 Å². The van der Waals surface area contributed by atoms with Crippen LogP contribution in [0.4, 0.5) is 5.69 Å². The van der Waals surface area contributed by atoms with Crippen molar-refractivity contribution in [1.29, 1.82) is 0 Å². The molecule has 0 aromatic heterocycles. The first-order valence-electron chi connectivity index (χ1n) is 9.24. The van der Waals surface area contributed by atoms with Crippen LogP contribution in [0.5, 0.6) is 11.5 Å². The smallest absolute Gasteiger partial charge is 0.231 e. The molecule has 2 aromatic carbocycles. The van der Waals surface area contributed by atoms with E-state index in [1.165, 1.54) is 0 Å². The Hall–Kier alpha value is -2.17. The molecule has 2 aromatic rings. The third-order valence-electron chi connectivity index (χ3n) is 5.63. The third-order valence-corrected chi connectivity index (χ3v) is 6.37. The molecule has 28 heavy (non-hydrogen) atoms. The van der Waals surface area contributed by atoms with Crippen molar-refractivity contribution in [3.05, 3.63) is 62.8 Å². The van der Waals surface area contributed by atoms with Crippen LogP contribution in [0.1, 0.15) is 43.7 Å². The fourth-order valence-electron chi connectivity index (χ4n) is 4.44. The van der Waals surface area contributed by atoms with Crippen molar-refractivity contribution in [2.24, 2.45) is 5.41 Å². The first-order valence-corrected chi connectivity index (χ1v) is 10.00. The summed E-state index contributed by atoms with van der Waals surface area (Å²) in [5, 5.41) is 4.48. The minimum absolute atomic E-state index is 0.0844. The van der Waals surface area contributed by atoms with E-state index >= 15 is 0 Å². The number of hydrogen-bond acceptors (Lipinski definition) is 4. The molecule has 0 saturated heterocycles. The Balaban J connectivity index is 1.74. The fraction of sp³-hybridized carbons (Fsp3) is 0.318. The van der Waals surface area contributed by atoms with Gasteiger partial charge in [-0.3, -0.25) is 4.79 Å². The number of nitrogens with one attached hydrogen (secondary N) is 1. The molecule has 0 bridgehead atoms. The molecule has 1 aliphatic carbocycles. The highest BCUT2D eigenvalue weighted by molar-refractivity contribution is 6.42. The van der Waals surface area contributed by atoms with E-state index in [9.17, 15) is 4.79 Å². The number of carbonyl (C=O) groups is 1. The van der Waals surface area contributed by atoms with Crippen molar-refractivity contribution in [2.75, 3.05) is 12.1 Å². The van der Waals surface area contributed by atoms with E-state index in [4.69, 9.17) is 32.7 Å². The van der Waals surface area contributed by atoms with Crippen LogP contribution in [-0.4, -0.2) is 12.6 Å². The van der Waals surface area contributed by atoms with Crippen molar-refractivity contribution in [2.45, 2.75) is 32.6 Å². The Morgan fingerprint density at radius 2 is 1.79 bits per heavy atom. The normalized spacial score (nSPS) is 21.9. The molecule has 2 heterocycles. The lowest BCUT2D eigenvalue weighted by molar-refractivity contribution is -0.118. The fourth-order valence-corrected chi connectivity index (χ4v) is 4.75. The van der Waals surface area contributed by atoms with Gasteiger partial charge in [0.25, 0.3) is 0 Å². The maximum absolute atomic E-state index is 13.2. The summed E-state index contributed by atoms with van der Waals surface area (Å²) in [5.74, 6) is 1.35. The number of Topliss-reactive ketones (excluding diaryl/α,β-unsaturated/α-hetero) is 1.